The van der Waals surface area contributed by atoms with Gasteiger partial charge >= 0.3 is 6.18 Å². The molecule has 0 aliphatic carbocycles. The third-order valence-corrected chi connectivity index (χ3v) is 2.89. The van der Waals surface area contributed by atoms with Gasteiger partial charge in [-0.05, 0) is 38.3 Å². The van der Waals surface area contributed by atoms with E-state index in [0.717, 1.165) is 12.8 Å². The lowest BCUT2D eigenvalue weighted by Gasteiger charge is -2.30. The summed E-state index contributed by atoms with van der Waals surface area (Å²) in [5, 5.41) is 2.85. The molecular formula is C10H18F3NO. The number of nitrogens with one attached hydrogen (secondary N) is 1. The summed E-state index contributed by atoms with van der Waals surface area (Å²) in [6.45, 7) is 1.63. The third-order valence-electron chi connectivity index (χ3n) is 2.89. The molecule has 0 amide bonds. The largest absolute Gasteiger partial charge is 0.389 e. The van der Waals surface area contributed by atoms with Crippen LogP contribution >= 0.6 is 0 Å². The molecule has 2 nitrogen and oxygen atoms in total. The highest BCUT2D eigenvalue weighted by Crippen LogP contribution is 2.33. The van der Waals surface area contributed by atoms with E-state index in [1.165, 1.54) is 0 Å². The molecule has 1 saturated heterocycles. The first-order chi connectivity index (χ1) is 7.03. The van der Waals surface area contributed by atoms with Crippen LogP contribution in [0.15, 0.2) is 0 Å². The minimum absolute atomic E-state index is 0.146. The summed E-state index contributed by atoms with van der Waals surface area (Å²) in [5.74, 6) is -0.160. The topological polar surface area (TPSA) is 21.3 Å². The maximum atomic E-state index is 12.3. The molecule has 1 aliphatic rings. The normalized spacial score (nSPS) is 21.6. The van der Waals surface area contributed by atoms with E-state index in [-0.39, 0.29) is 11.8 Å². The van der Waals surface area contributed by atoms with Crippen molar-refractivity contribution in [1.82, 2.24) is 5.32 Å². The van der Waals surface area contributed by atoms with Gasteiger partial charge in [-0.1, -0.05) is 0 Å². The van der Waals surface area contributed by atoms with Gasteiger partial charge in [0.2, 0.25) is 0 Å². The average Bonchev–Trinajstić information content (AvgIpc) is 2.17. The average molecular weight is 225 g/mol. The lowest BCUT2D eigenvalue weighted by molar-refractivity contribution is -0.150. The molecule has 0 radical (unpaired) electrons. The lowest BCUT2D eigenvalue weighted by atomic mass is 9.83. The van der Waals surface area contributed by atoms with Gasteiger partial charge in [-0.3, -0.25) is 0 Å². The third kappa shape index (κ3) is 4.84. The molecule has 0 spiro atoms. The Hall–Kier alpha value is -0.290. The minimum atomic E-state index is -4.06. The van der Waals surface area contributed by atoms with E-state index < -0.39 is 12.6 Å². The molecule has 1 fully saturated rings. The van der Waals surface area contributed by atoms with Crippen LogP contribution in [0.2, 0.25) is 0 Å². The van der Waals surface area contributed by atoms with Gasteiger partial charge in [0.15, 0.2) is 0 Å². The van der Waals surface area contributed by atoms with Crippen molar-refractivity contribution in [2.75, 3.05) is 26.8 Å². The van der Waals surface area contributed by atoms with Gasteiger partial charge < -0.3 is 10.1 Å². The highest BCUT2D eigenvalue weighted by molar-refractivity contribution is 4.76. The van der Waals surface area contributed by atoms with Crippen LogP contribution in [-0.2, 0) is 4.74 Å². The van der Waals surface area contributed by atoms with Crippen molar-refractivity contribution in [2.24, 2.45) is 11.8 Å². The van der Waals surface area contributed by atoms with Crippen molar-refractivity contribution < 1.29 is 17.9 Å². The van der Waals surface area contributed by atoms with Gasteiger partial charge in [0.25, 0.3) is 0 Å². The summed E-state index contributed by atoms with van der Waals surface area (Å²) in [5.41, 5.74) is 0. The van der Waals surface area contributed by atoms with E-state index in [9.17, 15) is 13.2 Å². The Morgan fingerprint density at radius 3 is 2.40 bits per heavy atom. The van der Waals surface area contributed by atoms with Crippen molar-refractivity contribution in [3.63, 3.8) is 0 Å². The van der Waals surface area contributed by atoms with E-state index in [2.05, 4.69) is 5.32 Å². The van der Waals surface area contributed by atoms with Gasteiger partial charge in [-0.25, -0.2) is 0 Å². The highest BCUT2D eigenvalue weighted by Gasteiger charge is 2.35. The van der Waals surface area contributed by atoms with E-state index in [0.29, 0.717) is 19.8 Å². The van der Waals surface area contributed by atoms with Crippen LogP contribution in [0.25, 0.3) is 0 Å². The van der Waals surface area contributed by atoms with E-state index in [4.69, 9.17) is 4.74 Å². The fraction of sp³-hybridized carbons (Fsp3) is 1.00. The Labute approximate surface area is 88.2 Å². The fourth-order valence-electron chi connectivity index (χ4n) is 2.15. The predicted octanol–water partition coefficient (Wildman–Crippen LogP) is 2.20. The maximum absolute atomic E-state index is 12.3. The number of alkyl halides is 3. The highest BCUT2D eigenvalue weighted by atomic mass is 19.4. The summed E-state index contributed by atoms with van der Waals surface area (Å²) in [6.07, 6.45) is -3.23. The summed E-state index contributed by atoms with van der Waals surface area (Å²) in [7, 11) is 1.70. The van der Waals surface area contributed by atoms with Gasteiger partial charge in [0.1, 0.15) is 0 Å². The first-order valence-corrected chi connectivity index (χ1v) is 5.32. The molecule has 0 aromatic carbocycles. The molecule has 0 bridgehead atoms. The van der Waals surface area contributed by atoms with Crippen molar-refractivity contribution in [3.05, 3.63) is 0 Å². The number of hydrogen-bond acceptors (Lipinski definition) is 2. The predicted molar refractivity (Wildman–Crippen MR) is 51.6 cm³/mol. The molecular weight excluding hydrogens is 207 g/mol. The molecule has 1 rings (SSSR count). The van der Waals surface area contributed by atoms with Crippen LogP contribution in [-0.4, -0.2) is 33.0 Å². The van der Waals surface area contributed by atoms with Crippen LogP contribution in [0.3, 0.4) is 0 Å². The molecule has 1 N–H and O–H groups in total. The Morgan fingerprint density at radius 1 is 1.33 bits per heavy atom. The zero-order valence-electron chi connectivity index (χ0n) is 8.94. The van der Waals surface area contributed by atoms with E-state index >= 15 is 0 Å². The van der Waals surface area contributed by atoms with Crippen LogP contribution in [0.1, 0.15) is 19.3 Å². The summed E-state index contributed by atoms with van der Waals surface area (Å²) < 4.78 is 42.1. The number of ether oxygens (including phenoxy) is 1. The van der Waals surface area contributed by atoms with Crippen molar-refractivity contribution in [3.8, 4) is 0 Å². The van der Waals surface area contributed by atoms with Gasteiger partial charge in [-0.2, -0.15) is 13.2 Å². The number of halogens is 3. The van der Waals surface area contributed by atoms with Crippen LogP contribution in [0.5, 0.6) is 0 Å². The van der Waals surface area contributed by atoms with E-state index in [1.807, 2.05) is 0 Å². The molecule has 0 aromatic rings. The molecule has 1 unspecified atom stereocenters. The second-order valence-electron chi connectivity index (χ2n) is 4.09. The van der Waals surface area contributed by atoms with Gasteiger partial charge in [-0.15, -0.1) is 0 Å². The Morgan fingerprint density at radius 2 is 1.93 bits per heavy atom. The molecule has 1 aliphatic heterocycles. The molecule has 90 valence electrons. The maximum Gasteiger partial charge on any atom is 0.389 e. The summed E-state index contributed by atoms with van der Waals surface area (Å²) in [4.78, 5) is 0. The zero-order valence-corrected chi connectivity index (χ0v) is 8.94. The summed E-state index contributed by atoms with van der Waals surface area (Å²) >= 11 is 0. The van der Waals surface area contributed by atoms with Gasteiger partial charge in [0.05, 0.1) is 0 Å². The minimum Gasteiger partial charge on any atom is -0.381 e. The Kier molecular flexibility index (Phi) is 4.86. The molecule has 1 atom stereocenters. The second-order valence-corrected chi connectivity index (χ2v) is 4.09. The zero-order chi connectivity index (χ0) is 11.3. The molecule has 0 saturated carbocycles. The first-order valence-electron chi connectivity index (χ1n) is 5.32. The monoisotopic (exact) mass is 225 g/mol. The van der Waals surface area contributed by atoms with Gasteiger partial charge in [0, 0.05) is 19.6 Å². The van der Waals surface area contributed by atoms with Crippen molar-refractivity contribution >= 4 is 0 Å². The first kappa shape index (κ1) is 12.8. The molecule has 5 heteroatoms. The fourth-order valence-corrected chi connectivity index (χ4v) is 2.15. The van der Waals surface area contributed by atoms with Crippen molar-refractivity contribution in [1.29, 1.82) is 0 Å². The quantitative estimate of drug-likeness (QED) is 0.792. The van der Waals surface area contributed by atoms with Crippen LogP contribution < -0.4 is 5.32 Å². The Balaban J connectivity index is 2.47. The summed E-state index contributed by atoms with van der Waals surface area (Å²) in [6, 6.07) is 0. The SMILES string of the molecule is CNCC(CC(F)(F)F)C1CCOCC1. The second kappa shape index (κ2) is 5.70. The van der Waals surface area contributed by atoms with E-state index in [1.54, 1.807) is 7.05 Å². The lowest BCUT2D eigenvalue weighted by Crippen LogP contribution is -2.33. The number of hydrogen-bond donors (Lipinski definition) is 1. The van der Waals surface area contributed by atoms with Crippen LogP contribution in [0.4, 0.5) is 13.2 Å². The molecule has 0 aromatic heterocycles. The number of rotatable bonds is 4. The van der Waals surface area contributed by atoms with Crippen molar-refractivity contribution in [2.45, 2.75) is 25.4 Å². The molecule has 15 heavy (non-hydrogen) atoms. The van der Waals surface area contributed by atoms with Crippen LogP contribution in [0, 0.1) is 11.8 Å². The Bertz CT molecular complexity index is 178. The standard InChI is InChI=1S/C10H18F3NO/c1-14-7-9(6-10(11,12)13)8-2-4-15-5-3-8/h8-9,14H,2-7H2,1H3. The molecule has 1 heterocycles. The smallest absolute Gasteiger partial charge is 0.381 e.